The monoisotopic (exact) mass is 456 g/mol. The number of thiazole rings is 1. The molecule has 1 amide bonds. The van der Waals surface area contributed by atoms with E-state index in [-0.39, 0.29) is 12.3 Å². The molecule has 33 heavy (non-hydrogen) atoms. The minimum absolute atomic E-state index is 0.229. The fraction of sp³-hybridized carbons (Fsp3) is 0.148. The van der Waals surface area contributed by atoms with E-state index in [4.69, 9.17) is 4.98 Å². The molecular formula is C27H24N2O3S. The van der Waals surface area contributed by atoms with Crippen LogP contribution in [0.1, 0.15) is 12.0 Å². The van der Waals surface area contributed by atoms with Gasteiger partial charge in [-0.15, -0.1) is 11.3 Å². The molecule has 1 heterocycles. The maximum atomic E-state index is 13.2. The molecule has 1 N–H and O–H groups in total. The number of carboxylic acids is 1. The Bertz CT molecular complexity index is 1240. The Balaban J connectivity index is 1.59. The Morgan fingerprint density at radius 1 is 0.909 bits per heavy atom. The molecule has 0 bridgehead atoms. The first-order valence-electron chi connectivity index (χ1n) is 10.7. The van der Waals surface area contributed by atoms with Crippen LogP contribution in [0.3, 0.4) is 0 Å². The maximum Gasteiger partial charge on any atom is 0.304 e. The molecule has 0 radical (unpaired) electrons. The first-order valence-corrected chi connectivity index (χ1v) is 11.5. The normalized spacial score (nSPS) is 11.7. The lowest BCUT2D eigenvalue weighted by atomic mass is 9.95. The minimum atomic E-state index is -0.991. The SMILES string of the molecule is CN(C(=O)C(CC(=O)O)Cc1ccccc1)c1nc(-c2ccccc2-c2ccccc2)cs1. The fourth-order valence-corrected chi connectivity index (χ4v) is 4.64. The van der Waals surface area contributed by atoms with Gasteiger partial charge in [-0.3, -0.25) is 14.5 Å². The summed E-state index contributed by atoms with van der Waals surface area (Å²) < 4.78 is 0. The van der Waals surface area contributed by atoms with Crippen LogP contribution >= 0.6 is 11.3 Å². The average Bonchev–Trinajstić information content (AvgIpc) is 3.34. The second-order valence-corrected chi connectivity index (χ2v) is 8.65. The van der Waals surface area contributed by atoms with E-state index in [1.54, 1.807) is 7.05 Å². The number of carbonyl (C=O) groups excluding carboxylic acids is 1. The van der Waals surface area contributed by atoms with E-state index in [2.05, 4.69) is 18.2 Å². The summed E-state index contributed by atoms with van der Waals surface area (Å²) in [6.07, 6.45) is 0.137. The number of carboxylic acid groups (broad SMARTS) is 1. The Morgan fingerprint density at radius 2 is 1.52 bits per heavy atom. The number of aromatic nitrogens is 1. The highest BCUT2D eigenvalue weighted by Crippen LogP contribution is 2.34. The third-order valence-electron chi connectivity index (χ3n) is 5.49. The first kappa shape index (κ1) is 22.4. The number of hydrogen-bond acceptors (Lipinski definition) is 4. The van der Waals surface area contributed by atoms with E-state index >= 15 is 0 Å². The molecule has 0 aliphatic heterocycles. The Kier molecular flexibility index (Phi) is 6.95. The summed E-state index contributed by atoms with van der Waals surface area (Å²) in [7, 11) is 1.66. The largest absolute Gasteiger partial charge is 0.481 e. The summed E-state index contributed by atoms with van der Waals surface area (Å²) in [5.74, 6) is -1.91. The van der Waals surface area contributed by atoms with Crippen molar-refractivity contribution in [2.24, 2.45) is 5.92 Å². The lowest BCUT2D eigenvalue weighted by Crippen LogP contribution is -2.35. The lowest BCUT2D eigenvalue weighted by Gasteiger charge is -2.21. The van der Waals surface area contributed by atoms with E-state index in [1.165, 1.54) is 16.2 Å². The van der Waals surface area contributed by atoms with Gasteiger partial charge in [-0.1, -0.05) is 84.9 Å². The molecule has 1 atom stereocenters. The number of nitrogens with zero attached hydrogens (tertiary/aromatic N) is 2. The average molecular weight is 457 g/mol. The molecule has 0 saturated heterocycles. The third-order valence-corrected chi connectivity index (χ3v) is 6.41. The summed E-state index contributed by atoms with van der Waals surface area (Å²) in [5, 5.41) is 11.8. The van der Waals surface area contributed by atoms with Crippen molar-refractivity contribution >= 4 is 28.3 Å². The van der Waals surface area contributed by atoms with E-state index in [0.29, 0.717) is 11.6 Å². The predicted molar refractivity (Wildman–Crippen MR) is 132 cm³/mol. The predicted octanol–water partition coefficient (Wildman–Crippen LogP) is 5.77. The number of benzene rings is 3. The molecule has 0 fully saturated rings. The van der Waals surface area contributed by atoms with Gasteiger partial charge >= 0.3 is 5.97 Å². The molecule has 3 aromatic carbocycles. The van der Waals surface area contributed by atoms with Crippen LogP contribution in [0.15, 0.2) is 90.3 Å². The van der Waals surface area contributed by atoms with E-state index in [9.17, 15) is 14.7 Å². The fourth-order valence-electron chi connectivity index (χ4n) is 3.84. The third kappa shape index (κ3) is 5.35. The molecule has 0 spiro atoms. The van der Waals surface area contributed by atoms with Crippen LogP contribution in [0.25, 0.3) is 22.4 Å². The minimum Gasteiger partial charge on any atom is -0.481 e. The van der Waals surface area contributed by atoms with Crippen LogP contribution in [0.5, 0.6) is 0 Å². The summed E-state index contributed by atoms with van der Waals surface area (Å²) in [6.45, 7) is 0. The number of rotatable bonds is 8. The van der Waals surface area contributed by atoms with Crippen molar-refractivity contribution in [2.75, 3.05) is 11.9 Å². The van der Waals surface area contributed by atoms with Crippen molar-refractivity contribution in [2.45, 2.75) is 12.8 Å². The first-order chi connectivity index (χ1) is 16.0. The van der Waals surface area contributed by atoms with Gasteiger partial charge < -0.3 is 5.11 Å². The second-order valence-electron chi connectivity index (χ2n) is 7.81. The summed E-state index contributed by atoms with van der Waals surface area (Å²) in [5.41, 5.74) is 4.86. The van der Waals surface area contributed by atoms with Gasteiger partial charge in [-0.25, -0.2) is 4.98 Å². The lowest BCUT2D eigenvalue weighted by molar-refractivity contribution is -0.140. The van der Waals surface area contributed by atoms with E-state index in [0.717, 1.165) is 27.9 Å². The highest BCUT2D eigenvalue weighted by atomic mass is 32.1. The molecule has 0 saturated carbocycles. The number of hydrogen-bond donors (Lipinski definition) is 1. The molecule has 4 aromatic rings. The summed E-state index contributed by atoms with van der Waals surface area (Å²) >= 11 is 1.37. The van der Waals surface area contributed by atoms with Gasteiger partial charge in [-0.05, 0) is 23.1 Å². The highest BCUT2D eigenvalue weighted by Gasteiger charge is 2.27. The van der Waals surface area contributed by atoms with Gasteiger partial charge in [0.1, 0.15) is 0 Å². The van der Waals surface area contributed by atoms with Crippen molar-refractivity contribution in [1.29, 1.82) is 0 Å². The van der Waals surface area contributed by atoms with Gasteiger partial charge in [0, 0.05) is 18.0 Å². The van der Waals surface area contributed by atoms with Crippen molar-refractivity contribution < 1.29 is 14.7 Å². The Morgan fingerprint density at radius 3 is 2.18 bits per heavy atom. The van der Waals surface area contributed by atoms with E-state index < -0.39 is 11.9 Å². The van der Waals surface area contributed by atoms with Crippen molar-refractivity contribution in [3.05, 3.63) is 95.9 Å². The molecule has 0 aliphatic carbocycles. The standard InChI is InChI=1S/C27H24N2O3S/c1-29(26(32)21(17-25(30)31)16-19-10-4-2-5-11-19)27-28-24(18-33-27)23-15-9-8-14-22(23)20-12-6-3-7-13-20/h2-15,18,21H,16-17H2,1H3,(H,30,31). The van der Waals surface area contributed by atoms with Gasteiger partial charge in [0.25, 0.3) is 0 Å². The number of carbonyl (C=O) groups is 2. The van der Waals surface area contributed by atoms with Gasteiger partial charge in [0.2, 0.25) is 5.91 Å². The highest BCUT2D eigenvalue weighted by molar-refractivity contribution is 7.14. The second kappa shape index (κ2) is 10.2. The van der Waals surface area contributed by atoms with Crippen LogP contribution in [-0.4, -0.2) is 29.0 Å². The van der Waals surface area contributed by atoms with Crippen LogP contribution in [0.4, 0.5) is 5.13 Å². The molecule has 1 unspecified atom stereocenters. The van der Waals surface area contributed by atoms with Crippen LogP contribution in [0.2, 0.25) is 0 Å². The maximum absolute atomic E-state index is 13.2. The zero-order chi connectivity index (χ0) is 23.2. The van der Waals surface area contributed by atoms with Crippen LogP contribution < -0.4 is 4.90 Å². The Labute approximate surface area is 197 Å². The van der Waals surface area contributed by atoms with Gasteiger partial charge in [0.05, 0.1) is 18.0 Å². The quantitative estimate of drug-likeness (QED) is 0.365. The molecule has 0 aliphatic rings. The molecular weight excluding hydrogens is 432 g/mol. The summed E-state index contributed by atoms with van der Waals surface area (Å²) in [4.78, 5) is 30.9. The number of amides is 1. The van der Waals surface area contributed by atoms with E-state index in [1.807, 2.05) is 72.1 Å². The Hall–Kier alpha value is -3.77. The molecule has 5 nitrogen and oxygen atoms in total. The number of aliphatic carboxylic acids is 1. The molecule has 1 aromatic heterocycles. The van der Waals surface area contributed by atoms with Crippen molar-refractivity contribution in [3.8, 4) is 22.4 Å². The van der Waals surface area contributed by atoms with Crippen LogP contribution in [-0.2, 0) is 16.0 Å². The topological polar surface area (TPSA) is 70.5 Å². The van der Waals surface area contributed by atoms with Crippen molar-refractivity contribution in [3.63, 3.8) is 0 Å². The molecule has 4 rings (SSSR count). The number of anilines is 1. The van der Waals surface area contributed by atoms with Crippen molar-refractivity contribution in [1.82, 2.24) is 4.98 Å². The van der Waals surface area contributed by atoms with Crippen LogP contribution in [0, 0.1) is 5.92 Å². The summed E-state index contributed by atoms with van der Waals surface area (Å²) in [6, 6.07) is 27.6. The van der Waals surface area contributed by atoms with Gasteiger partial charge in [0.15, 0.2) is 5.13 Å². The zero-order valence-electron chi connectivity index (χ0n) is 18.2. The molecule has 166 valence electrons. The smallest absolute Gasteiger partial charge is 0.304 e. The zero-order valence-corrected chi connectivity index (χ0v) is 19.0. The van der Waals surface area contributed by atoms with Gasteiger partial charge in [-0.2, -0.15) is 0 Å². The molecule has 6 heteroatoms.